The summed E-state index contributed by atoms with van der Waals surface area (Å²) in [5, 5.41) is 15.8. The summed E-state index contributed by atoms with van der Waals surface area (Å²) in [4.78, 5) is 10.6. The van der Waals surface area contributed by atoms with E-state index in [1.807, 2.05) is 0 Å². The van der Waals surface area contributed by atoms with Crippen molar-refractivity contribution in [1.82, 2.24) is 19.6 Å². The maximum atomic E-state index is 12.5. The third-order valence-corrected chi connectivity index (χ3v) is 2.41. The Kier molecular flexibility index (Phi) is 3.05. The molecule has 6 nitrogen and oxygen atoms in total. The van der Waals surface area contributed by atoms with Gasteiger partial charge in [0.2, 0.25) is 0 Å². The topological polar surface area (TPSA) is 72.9 Å². The zero-order valence-corrected chi connectivity index (χ0v) is 9.72. The molecule has 0 fully saturated rings. The van der Waals surface area contributed by atoms with Crippen molar-refractivity contribution in [1.29, 1.82) is 0 Å². The Bertz CT molecular complexity index is 615. The Morgan fingerprint density at radius 1 is 1.42 bits per heavy atom. The third-order valence-electron chi connectivity index (χ3n) is 2.41. The van der Waals surface area contributed by atoms with Gasteiger partial charge in [-0.1, -0.05) is 0 Å². The summed E-state index contributed by atoms with van der Waals surface area (Å²) in [7, 11) is 0. The minimum Gasteiger partial charge on any atom is -0.476 e. The van der Waals surface area contributed by atoms with Gasteiger partial charge in [0.15, 0.2) is 11.4 Å². The number of rotatable bonds is 3. The SMILES string of the molecule is Cc1cc(C(F)(F)F)nn1Cn1ccc(C(=O)O)n1. The van der Waals surface area contributed by atoms with E-state index in [4.69, 9.17) is 5.11 Å². The van der Waals surface area contributed by atoms with Gasteiger partial charge < -0.3 is 5.11 Å². The molecule has 0 saturated heterocycles. The molecule has 102 valence electrons. The Hall–Kier alpha value is -2.32. The summed E-state index contributed by atoms with van der Waals surface area (Å²) in [6, 6.07) is 2.17. The molecule has 0 radical (unpaired) electrons. The van der Waals surface area contributed by atoms with Crippen LogP contribution in [0, 0.1) is 6.92 Å². The normalized spacial score (nSPS) is 11.8. The molecule has 0 bridgehead atoms. The minimum atomic E-state index is -4.51. The largest absolute Gasteiger partial charge is 0.476 e. The van der Waals surface area contributed by atoms with E-state index in [0.29, 0.717) is 5.69 Å². The van der Waals surface area contributed by atoms with Gasteiger partial charge in [-0.3, -0.25) is 4.68 Å². The molecule has 0 spiro atoms. The monoisotopic (exact) mass is 274 g/mol. The van der Waals surface area contributed by atoms with E-state index in [2.05, 4.69) is 10.2 Å². The van der Waals surface area contributed by atoms with E-state index < -0.39 is 17.8 Å². The minimum absolute atomic E-state index is 0.0881. The second-order valence-electron chi connectivity index (χ2n) is 3.86. The Labute approximate surface area is 105 Å². The summed E-state index contributed by atoms with van der Waals surface area (Å²) in [5.74, 6) is -1.20. The van der Waals surface area contributed by atoms with Gasteiger partial charge in [0.1, 0.15) is 6.67 Å². The number of hydrogen-bond acceptors (Lipinski definition) is 3. The van der Waals surface area contributed by atoms with E-state index >= 15 is 0 Å². The quantitative estimate of drug-likeness (QED) is 0.922. The van der Waals surface area contributed by atoms with Crippen LogP contribution in [0.3, 0.4) is 0 Å². The molecule has 0 amide bonds. The molecule has 0 atom stereocenters. The van der Waals surface area contributed by atoms with Crippen molar-refractivity contribution in [3.8, 4) is 0 Å². The van der Waals surface area contributed by atoms with Crippen LogP contribution < -0.4 is 0 Å². The highest BCUT2D eigenvalue weighted by Crippen LogP contribution is 2.28. The maximum Gasteiger partial charge on any atom is 0.435 e. The number of carboxylic acid groups (broad SMARTS) is 1. The van der Waals surface area contributed by atoms with Crippen LogP contribution in [0.15, 0.2) is 18.3 Å². The summed E-state index contributed by atoms with van der Waals surface area (Å²) in [6.07, 6.45) is -3.15. The molecular weight excluding hydrogens is 265 g/mol. The molecule has 0 saturated carbocycles. The van der Waals surface area contributed by atoms with Crippen molar-refractivity contribution in [2.24, 2.45) is 0 Å². The highest BCUT2D eigenvalue weighted by Gasteiger charge is 2.34. The van der Waals surface area contributed by atoms with Gasteiger partial charge in [0, 0.05) is 11.9 Å². The van der Waals surface area contributed by atoms with Gasteiger partial charge in [0.05, 0.1) is 0 Å². The fourth-order valence-corrected chi connectivity index (χ4v) is 1.48. The van der Waals surface area contributed by atoms with Gasteiger partial charge in [-0.15, -0.1) is 0 Å². The molecule has 0 aliphatic rings. The lowest BCUT2D eigenvalue weighted by atomic mass is 10.4. The smallest absolute Gasteiger partial charge is 0.435 e. The summed E-state index contributed by atoms with van der Waals surface area (Å²) < 4.78 is 39.7. The standard InChI is InChI=1S/C10H9F3N4O2/c1-6-4-8(10(11,12)13)15-17(6)5-16-3-2-7(14-16)9(18)19/h2-4H,5H2,1H3,(H,18,19). The van der Waals surface area contributed by atoms with E-state index in [1.54, 1.807) is 0 Å². The molecule has 2 aromatic rings. The molecular formula is C10H9F3N4O2. The van der Waals surface area contributed by atoms with Gasteiger partial charge >= 0.3 is 12.1 Å². The first-order chi connectivity index (χ1) is 8.77. The molecule has 0 aliphatic carbocycles. The first-order valence-electron chi connectivity index (χ1n) is 5.16. The number of alkyl halides is 3. The van der Waals surface area contributed by atoms with E-state index in [9.17, 15) is 18.0 Å². The Balaban J connectivity index is 2.23. The molecule has 9 heteroatoms. The zero-order valence-electron chi connectivity index (χ0n) is 9.72. The fourth-order valence-electron chi connectivity index (χ4n) is 1.48. The highest BCUT2D eigenvalue weighted by atomic mass is 19.4. The van der Waals surface area contributed by atoms with Crippen LogP contribution in [-0.4, -0.2) is 30.6 Å². The predicted octanol–water partition coefficient (Wildman–Crippen LogP) is 1.61. The third kappa shape index (κ3) is 2.75. The van der Waals surface area contributed by atoms with Crippen LogP contribution in [0.1, 0.15) is 21.9 Å². The van der Waals surface area contributed by atoms with Crippen molar-refractivity contribution in [3.05, 3.63) is 35.4 Å². The van der Waals surface area contributed by atoms with Crippen molar-refractivity contribution in [2.45, 2.75) is 19.8 Å². The number of aromatic carboxylic acids is 1. The number of nitrogens with zero attached hydrogens (tertiary/aromatic N) is 4. The molecule has 2 heterocycles. The van der Waals surface area contributed by atoms with Crippen LogP contribution in [0.2, 0.25) is 0 Å². The van der Waals surface area contributed by atoms with E-state index in [1.165, 1.54) is 23.9 Å². The number of carbonyl (C=O) groups is 1. The highest BCUT2D eigenvalue weighted by molar-refractivity contribution is 5.84. The second-order valence-corrected chi connectivity index (χ2v) is 3.86. The average molecular weight is 274 g/mol. The van der Waals surface area contributed by atoms with Gasteiger partial charge in [-0.25, -0.2) is 9.48 Å². The number of hydrogen-bond donors (Lipinski definition) is 1. The fraction of sp³-hybridized carbons (Fsp3) is 0.300. The molecule has 19 heavy (non-hydrogen) atoms. The van der Waals surface area contributed by atoms with Crippen LogP contribution in [0.25, 0.3) is 0 Å². The molecule has 2 aromatic heterocycles. The first kappa shape index (κ1) is 13.1. The number of halogens is 3. The van der Waals surface area contributed by atoms with Crippen LogP contribution in [-0.2, 0) is 12.8 Å². The predicted molar refractivity (Wildman–Crippen MR) is 56.6 cm³/mol. The van der Waals surface area contributed by atoms with Gasteiger partial charge in [-0.05, 0) is 19.1 Å². The lowest BCUT2D eigenvalue weighted by Crippen LogP contribution is -2.14. The summed E-state index contributed by atoms with van der Waals surface area (Å²) >= 11 is 0. The molecule has 0 unspecified atom stereocenters. The lowest BCUT2D eigenvalue weighted by molar-refractivity contribution is -0.141. The molecule has 1 N–H and O–H groups in total. The second kappa shape index (κ2) is 4.41. The zero-order chi connectivity index (χ0) is 14.2. The summed E-state index contributed by atoms with van der Waals surface area (Å²) in [6.45, 7) is 1.39. The molecule has 0 aromatic carbocycles. The molecule has 2 rings (SSSR count). The number of carboxylic acids is 1. The number of aromatic nitrogens is 4. The molecule has 0 aliphatic heterocycles. The van der Waals surface area contributed by atoms with Crippen molar-refractivity contribution >= 4 is 5.97 Å². The Morgan fingerprint density at radius 3 is 2.58 bits per heavy atom. The van der Waals surface area contributed by atoms with E-state index in [0.717, 1.165) is 10.7 Å². The van der Waals surface area contributed by atoms with Crippen LogP contribution in [0.5, 0.6) is 0 Å². The van der Waals surface area contributed by atoms with Gasteiger partial charge in [0.25, 0.3) is 0 Å². The van der Waals surface area contributed by atoms with Gasteiger partial charge in [-0.2, -0.15) is 23.4 Å². The van der Waals surface area contributed by atoms with Crippen LogP contribution in [0.4, 0.5) is 13.2 Å². The van der Waals surface area contributed by atoms with Crippen LogP contribution >= 0.6 is 0 Å². The number of aryl methyl sites for hydroxylation is 1. The lowest BCUT2D eigenvalue weighted by Gasteiger charge is -2.04. The Morgan fingerprint density at radius 2 is 2.11 bits per heavy atom. The van der Waals surface area contributed by atoms with Crippen molar-refractivity contribution < 1.29 is 23.1 Å². The average Bonchev–Trinajstić information content (AvgIpc) is 2.86. The maximum absolute atomic E-state index is 12.5. The van der Waals surface area contributed by atoms with Crippen molar-refractivity contribution in [3.63, 3.8) is 0 Å². The van der Waals surface area contributed by atoms with E-state index in [-0.39, 0.29) is 12.4 Å². The van der Waals surface area contributed by atoms with Crippen molar-refractivity contribution in [2.75, 3.05) is 0 Å². The summed E-state index contributed by atoms with van der Waals surface area (Å²) in [5.41, 5.74) is -0.865. The first-order valence-corrected chi connectivity index (χ1v) is 5.16.